The SMILES string of the molecule is CC(=O)NCC12CC3(CN)CC(CNC(C)=O)(C1)CC(CNC(C)=O)(C3)C2. The molecule has 0 aliphatic heterocycles. The summed E-state index contributed by atoms with van der Waals surface area (Å²) in [6.45, 7) is 7.21. The zero-order valence-corrected chi connectivity index (χ0v) is 16.9. The Hall–Kier alpha value is -1.63. The Morgan fingerprint density at radius 1 is 0.630 bits per heavy atom. The average Bonchev–Trinajstić information content (AvgIpc) is 2.56. The molecule has 0 aromatic rings. The summed E-state index contributed by atoms with van der Waals surface area (Å²) in [4.78, 5) is 34.9. The van der Waals surface area contributed by atoms with E-state index in [1.165, 1.54) is 0 Å². The molecule has 0 saturated heterocycles. The number of carbonyl (C=O) groups excluding carboxylic acids is 3. The quantitative estimate of drug-likeness (QED) is 0.522. The van der Waals surface area contributed by atoms with Gasteiger partial charge in [-0.1, -0.05) is 0 Å². The lowest BCUT2D eigenvalue weighted by molar-refractivity contribution is -0.195. The maximum absolute atomic E-state index is 11.6. The third kappa shape index (κ3) is 3.98. The van der Waals surface area contributed by atoms with E-state index in [1.54, 1.807) is 20.8 Å². The highest BCUT2D eigenvalue weighted by Crippen LogP contribution is 2.73. The summed E-state index contributed by atoms with van der Waals surface area (Å²) in [7, 11) is 0. The van der Waals surface area contributed by atoms with Crippen molar-refractivity contribution >= 4 is 17.7 Å². The minimum atomic E-state index is -0.0171. The molecule has 27 heavy (non-hydrogen) atoms. The minimum absolute atomic E-state index is 0.0145. The third-order valence-corrected chi connectivity index (χ3v) is 7.07. The normalized spacial score (nSPS) is 39.1. The second kappa shape index (κ2) is 6.76. The van der Waals surface area contributed by atoms with Crippen molar-refractivity contribution in [2.75, 3.05) is 26.2 Å². The first-order valence-corrected chi connectivity index (χ1v) is 9.99. The first-order valence-electron chi connectivity index (χ1n) is 9.99. The summed E-state index contributed by atoms with van der Waals surface area (Å²) in [5.74, 6) is -0.0434. The number of hydrogen-bond donors (Lipinski definition) is 4. The lowest BCUT2D eigenvalue weighted by atomic mass is 9.35. The summed E-state index contributed by atoms with van der Waals surface area (Å²) in [6.07, 6.45) is 6.01. The first kappa shape index (κ1) is 20.1. The molecule has 152 valence electrons. The molecule has 0 aromatic heterocycles. The molecule has 0 atom stereocenters. The maximum atomic E-state index is 11.6. The Morgan fingerprint density at radius 3 is 1.11 bits per heavy atom. The van der Waals surface area contributed by atoms with Crippen LogP contribution in [0.5, 0.6) is 0 Å². The van der Waals surface area contributed by atoms with Crippen LogP contribution < -0.4 is 21.7 Å². The van der Waals surface area contributed by atoms with Gasteiger partial charge < -0.3 is 21.7 Å². The van der Waals surface area contributed by atoms with Crippen molar-refractivity contribution in [3.63, 3.8) is 0 Å². The summed E-state index contributed by atoms with van der Waals surface area (Å²) >= 11 is 0. The fourth-order valence-corrected chi connectivity index (χ4v) is 7.24. The number of hydrogen-bond acceptors (Lipinski definition) is 4. The molecule has 4 aliphatic rings. The number of carbonyl (C=O) groups is 3. The van der Waals surface area contributed by atoms with Gasteiger partial charge in [0.1, 0.15) is 0 Å². The van der Waals surface area contributed by atoms with Gasteiger partial charge in [0.2, 0.25) is 17.7 Å². The molecule has 4 aliphatic carbocycles. The van der Waals surface area contributed by atoms with Crippen molar-refractivity contribution in [3.05, 3.63) is 0 Å². The molecule has 0 radical (unpaired) electrons. The van der Waals surface area contributed by atoms with Crippen LogP contribution in [0.1, 0.15) is 59.3 Å². The molecule has 0 heterocycles. The molecule has 4 bridgehead atoms. The van der Waals surface area contributed by atoms with Gasteiger partial charge in [-0.25, -0.2) is 0 Å². The van der Waals surface area contributed by atoms with Crippen LogP contribution in [0, 0.1) is 21.7 Å². The van der Waals surface area contributed by atoms with E-state index in [2.05, 4.69) is 16.0 Å². The van der Waals surface area contributed by atoms with Gasteiger partial charge in [0.25, 0.3) is 0 Å². The second-order valence-electron chi connectivity index (χ2n) is 9.99. The van der Waals surface area contributed by atoms with E-state index in [0.717, 1.165) is 38.5 Å². The maximum Gasteiger partial charge on any atom is 0.216 e. The van der Waals surface area contributed by atoms with Crippen LogP contribution in [-0.4, -0.2) is 43.9 Å². The van der Waals surface area contributed by atoms with Crippen molar-refractivity contribution in [1.82, 2.24) is 16.0 Å². The zero-order chi connectivity index (χ0) is 19.9. The van der Waals surface area contributed by atoms with E-state index in [1.807, 2.05) is 0 Å². The monoisotopic (exact) mass is 378 g/mol. The van der Waals surface area contributed by atoms with Crippen LogP contribution in [0.25, 0.3) is 0 Å². The fraction of sp³-hybridized carbons (Fsp3) is 0.850. The molecule has 5 N–H and O–H groups in total. The highest BCUT2D eigenvalue weighted by atomic mass is 16.2. The van der Waals surface area contributed by atoms with E-state index in [0.29, 0.717) is 26.2 Å². The molecular weight excluding hydrogens is 344 g/mol. The van der Waals surface area contributed by atoms with E-state index in [-0.39, 0.29) is 39.4 Å². The van der Waals surface area contributed by atoms with Gasteiger partial charge in [0.15, 0.2) is 0 Å². The number of nitrogens with two attached hydrogens (primary N) is 1. The Labute approximate surface area is 161 Å². The highest BCUT2D eigenvalue weighted by molar-refractivity contribution is 5.73. The lowest BCUT2D eigenvalue weighted by Crippen LogP contribution is -2.68. The molecule has 7 nitrogen and oxygen atoms in total. The van der Waals surface area contributed by atoms with E-state index >= 15 is 0 Å². The predicted octanol–water partition coefficient (Wildman–Crippen LogP) is 0.680. The minimum Gasteiger partial charge on any atom is -0.356 e. The van der Waals surface area contributed by atoms with E-state index < -0.39 is 0 Å². The number of nitrogens with one attached hydrogen (secondary N) is 3. The van der Waals surface area contributed by atoms with Gasteiger partial charge in [-0.15, -0.1) is 0 Å². The van der Waals surface area contributed by atoms with Crippen LogP contribution >= 0.6 is 0 Å². The topological polar surface area (TPSA) is 113 Å². The largest absolute Gasteiger partial charge is 0.356 e. The Kier molecular flexibility index (Phi) is 5.04. The molecule has 3 amide bonds. The fourth-order valence-electron chi connectivity index (χ4n) is 7.24. The van der Waals surface area contributed by atoms with Gasteiger partial charge in [0.05, 0.1) is 0 Å². The van der Waals surface area contributed by atoms with Crippen molar-refractivity contribution in [1.29, 1.82) is 0 Å². The smallest absolute Gasteiger partial charge is 0.216 e. The summed E-state index contributed by atoms with van der Waals surface area (Å²) < 4.78 is 0. The van der Waals surface area contributed by atoms with Gasteiger partial charge >= 0.3 is 0 Å². The van der Waals surface area contributed by atoms with Crippen LogP contribution in [0.3, 0.4) is 0 Å². The molecular formula is C20H34N4O3. The molecule has 4 fully saturated rings. The first-order chi connectivity index (χ1) is 12.6. The lowest BCUT2D eigenvalue weighted by Gasteiger charge is -2.71. The van der Waals surface area contributed by atoms with E-state index in [4.69, 9.17) is 5.73 Å². The van der Waals surface area contributed by atoms with Crippen molar-refractivity contribution < 1.29 is 14.4 Å². The molecule has 0 aromatic carbocycles. The van der Waals surface area contributed by atoms with Gasteiger partial charge in [0, 0.05) is 40.4 Å². The summed E-state index contributed by atoms with van der Waals surface area (Å²) in [5, 5.41) is 9.16. The standard InChI is InChI=1S/C20H34N4O3/c1-14(25)22-11-18-4-17(10-21)5-19(7-18,12-23-15(2)26)9-20(6-17,8-18)13-24-16(3)27/h4-13,21H2,1-3H3,(H,22,25)(H,23,26)(H,24,27). The van der Waals surface area contributed by atoms with Gasteiger partial charge in [-0.05, 0) is 66.7 Å². The number of amides is 3. The molecule has 4 saturated carbocycles. The molecule has 4 rings (SSSR count). The third-order valence-electron chi connectivity index (χ3n) is 7.07. The van der Waals surface area contributed by atoms with Crippen LogP contribution in [0.15, 0.2) is 0 Å². The van der Waals surface area contributed by atoms with E-state index in [9.17, 15) is 14.4 Å². The highest BCUT2D eigenvalue weighted by Gasteiger charge is 2.67. The van der Waals surface area contributed by atoms with Crippen LogP contribution in [-0.2, 0) is 14.4 Å². The van der Waals surface area contributed by atoms with Gasteiger partial charge in [-0.3, -0.25) is 14.4 Å². The number of rotatable bonds is 7. The Balaban J connectivity index is 1.95. The zero-order valence-electron chi connectivity index (χ0n) is 16.9. The molecule has 7 heteroatoms. The molecule has 0 unspecified atom stereocenters. The van der Waals surface area contributed by atoms with Gasteiger partial charge in [-0.2, -0.15) is 0 Å². The Bertz CT molecular complexity index is 556. The van der Waals surface area contributed by atoms with Crippen LogP contribution in [0.2, 0.25) is 0 Å². The predicted molar refractivity (Wildman–Crippen MR) is 103 cm³/mol. The second-order valence-corrected chi connectivity index (χ2v) is 9.99. The summed E-state index contributed by atoms with van der Waals surface area (Å²) in [5.41, 5.74) is 6.28. The summed E-state index contributed by atoms with van der Waals surface area (Å²) in [6, 6.07) is 0. The van der Waals surface area contributed by atoms with Crippen molar-refractivity contribution in [2.24, 2.45) is 27.4 Å². The molecule has 0 spiro atoms. The van der Waals surface area contributed by atoms with Crippen molar-refractivity contribution in [3.8, 4) is 0 Å². The Morgan fingerprint density at radius 2 is 0.889 bits per heavy atom. The average molecular weight is 379 g/mol. The van der Waals surface area contributed by atoms with Crippen LogP contribution in [0.4, 0.5) is 0 Å². The van der Waals surface area contributed by atoms with Crippen molar-refractivity contribution in [2.45, 2.75) is 59.3 Å².